The van der Waals surface area contributed by atoms with E-state index in [1.54, 1.807) is 0 Å². The Kier molecular flexibility index (Phi) is 6.02. The highest BCUT2D eigenvalue weighted by molar-refractivity contribution is 5.94. The van der Waals surface area contributed by atoms with E-state index < -0.39 is 11.9 Å². The number of phenolic OH excluding ortho intramolecular Hbond substituents is 2. The molecule has 0 spiro atoms. The molecule has 1 amide bonds. The Labute approximate surface area is 123 Å². The fraction of sp³-hybridized carbons (Fsp3) is 0.467. The highest BCUT2D eigenvalue weighted by Crippen LogP contribution is 2.24. The van der Waals surface area contributed by atoms with Gasteiger partial charge in [0.25, 0.3) is 5.91 Å². The number of aromatic hydroxyl groups is 2. The second kappa shape index (κ2) is 7.52. The van der Waals surface area contributed by atoms with Crippen molar-refractivity contribution in [2.45, 2.75) is 26.7 Å². The first-order valence-electron chi connectivity index (χ1n) is 6.81. The Morgan fingerprint density at radius 1 is 1.19 bits per heavy atom. The maximum absolute atomic E-state index is 11.9. The van der Waals surface area contributed by atoms with Gasteiger partial charge in [-0.2, -0.15) is 0 Å². The molecule has 0 saturated heterocycles. The molecule has 6 nitrogen and oxygen atoms in total. The number of nitrogens with one attached hydrogen (secondary N) is 1. The van der Waals surface area contributed by atoms with Crippen LogP contribution in [-0.4, -0.2) is 33.7 Å². The zero-order chi connectivity index (χ0) is 16.0. The van der Waals surface area contributed by atoms with Crippen LogP contribution in [0.3, 0.4) is 0 Å². The van der Waals surface area contributed by atoms with Gasteiger partial charge in [0.2, 0.25) is 0 Å². The first kappa shape index (κ1) is 16.8. The minimum Gasteiger partial charge on any atom is -0.504 e. The van der Waals surface area contributed by atoms with E-state index in [-0.39, 0.29) is 35.9 Å². The molecule has 0 bridgehead atoms. The van der Waals surface area contributed by atoms with Gasteiger partial charge in [-0.05, 0) is 36.5 Å². The molecule has 6 heteroatoms. The van der Waals surface area contributed by atoms with Crippen molar-refractivity contribution in [3.05, 3.63) is 23.8 Å². The Hall–Kier alpha value is -2.24. The van der Waals surface area contributed by atoms with Gasteiger partial charge in [-0.3, -0.25) is 9.59 Å². The fourth-order valence-corrected chi connectivity index (χ4v) is 2.16. The number of carboxylic acid groups (broad SMARTS) is 1. The molecule has 0 aliphatic rings. The van der Waals surface area contributed by atoms with Gasteiger partial charge >= 0.3 is 5.97 Å². The molecule has 1 atom stereocenters. The first-order valence-corrected chi connectivity index (χ1v) is 6.81. The average Bonchev–Trinajstić information content (AvgIpc) is 2.37. The van der Waals surface area contributed by atoms with Crippen LogP contribution in [0.1, 0.15) is 37.0 Å². The summed E-state index contributed by atoms with van der Waals surface area (Å²) in [4.78, 5) is 22.7. The smallest absolute Gasteiger partial charge is 0.303 e. The van der Waals surface area contributed by atoms with E-state index in [0.717, 1.165) is 0 Å². The molecule has 21 heavy (non-hydrogen) atoms. The zero-order valence-corrected chi connectivity index (χ0v) is 12.2. The van der Waals surface area contributed by atoms with Gasteiger partial charge in [0.05, 0.1) is 0 Å². The number of phenols is 2. The number of hydrogen-bond donors (Lipinski definition) is 4. The van der Waals surface area contributed by atoms with Crippen LogP contribution in [0.15, 0.2) is 18.2 Å². The molecule has 1 rings (SSSR count). The van der Waals surface area contributed by atoms with E-state index >= 15 is 0 Å². The summed E-state index contributed by atoms with van der Waals surface area (Å²) in [6.07, 6.45) is 0.701. The molecule has 1 aromatic rings. The topological polar surface area (TPSA) is 107 Å². The predicted molar refractivity (Wildman–Crippen MR) is 77.3 cm³/mol. The molecule has 0 fully saturated rings. The second-order valence-corrected chi connectivity index (χ2v) is 5.51. The van der Waals surface area contributed by atoms with Crippen LogP contribution in [0.5, 0.6) is 11.5 Å². The van der Waals surface area contributed by atoms with Gasteiger partial charge in [-0.1, -0.05) is 13.8 Å². The Balaban J connectivity index is 2.63. The second-order valence-electron chi connectivity index (χ2n) is 5.51. The maximum Gasteiger partial charge on any atom is 0.303 e. The van der Waals surface area contributed by atoms with Crippen LogP contribution in [0, 0.1) is 11.8 Å². The van der Waals surface area contributed by atoms with Crippen molar-refractivity contribution in [2.24, 2.45) is 11.8 Å². The molecule has 0 radical (unpaired) electrons. The van der Waals surface area contributed by atoms with Crippen LogP contribution in [-0.2, 0) is 4.79 Å². The van der Waals surface area contributed by atoms with Crippen molar-refractivity contribution in [1.29, 1.82) is 0 Å². The number of carboxylic acids is 1. The minimum absolute atomic E-state index is 0.000707. The van der Waals surface area contributed by atoms with Crippen LogP contribution in [0.2, 0.25) is 0 Å². The summed E-state index contributed by atoms with van der Waals surface area (Å²) in [5, 5.41) is 30.1. The summed E-state index contributed by atoms with van der Waals surface area (Å²) < 4.78 is 0. The third-order valence-electron chi connectivity index (χ3n) is 3.06. The van der Waals surface area contributed by atoms with Crippen molar-refractivity contribution in [3.63, 3.8) is 0 Å². The fourth-order valence-electron chi connectivity index (χ4n) is 2.16. The average molecular weight is 295 g/mol. The molecule has 0 heterocycles. The Morgan fingerprint density at radius 3 is 2.38 bits per heavy atom. The van der Waals surface area contributed by atoms with E-state index in [1.165, 1.54) is 18.2 Å². The number of aliphatic carboxylic acids is 1. The highest BCUT2D eigenvalue weighted by atomic mass is 16.4. The van der Waals surface area contributed by atoms with Gasteiger partial charge in [0.1, 0.15) is 0 Å². The number of amides is 1. The molecule has 4 N–H and O–H groups in total. The van der Waals surface area contributed by atoms with Gasteiger partial charge in [0, 0.05) is 18.5 Å². The predicted octanol–water partition coefficient (Wildman–Crippen LogP) is 1.96. The van der Waals surface area contributed by atoms with Crippen molar-refractivity contribution in [3.8, 4) is 11.5 Å². The first-order chi connectivity index (χ1) is 9.79. The molecule has 116 valence electrons. The lowest BCUT2D eigenvalue weighted by Gasteiger charge is -2.17. The molecule has 0 saturated carbocycles. The van der Waals surface area contributed by atoms with Gasteiger partial charge in [0.15, 0.2) is 11.5 Å². The van der Waals surface area contributed by atoms with Crippen molar-refractivity contribution >= 4 is 11.9 Å². The summed E-state index contributed by atoms with van der Waals surface area (Å²) in [5.74, 6) is -1.77. The molecule has 1 unspecified atom stereocenters. The molecule has 1 aromatic carbocycles. The zero-order valence-electron chi connectivity index (χ0n) is 12.2. The van der Waals surface area contributed by atoms with Crippen LogP contribution >= 0.6 is 0 Å². The normalized spacial score (nSPS) is 12.1. The van der Waals surface area contributed by atoms with E-state index in [2.05, 4.69) is 5.32 Å². The molecule has 0 aliphatic carbocycles. The SMILES string of the molecule is CC(C)CC(CNC(=O)c1ccc(O)c(O)c1)CC(=O)O. The van der Waals surface area contributed by atoms with E-state index in [1.807, 2.05) is 13.8 Å². The van der Waals surface area contributed by atoms with Crippen LogP contribution in [0.25, 0.3) is 0 Å². The number of carbonyl (C=O) groups excluding carboxylic acids is 1. The monoisotopic (exact) mass is 295 g/mol. The number of carbonyl (C=O) groups is 2. The summed E-state index contributed by atoms with van der Waals surface area (Å²) in [7, 11) is 0. The van der Waals surface area contributed by atoms with Gasteiger partial charge < -0.3 is 20.6 Å². The van der Waals surface area contributed by atoms with Crippen LogP contribution in [0.4, 0.5) is 0 Å². The minimum atomic E-state index is -0.892. The van der Waals surface area contributed by atoms with Crippen molar-refractivity contribution < 1.29 is 24.9 Å². The quantitative estimate of drug-likeness (QED) is 0.575. The van der Waals surface area contributed by atoms with E-state index in [0.29, 0.717) is 12.3 Å². The highest BCUT2D eigenvalue weighted by Gasteiger charge is 2.17. The Bertz CT molecular complexity index is 513. The molecule has 0 aromatic heterocycles. The third-order valence-corrected chi connectivity index (χ3v) is 3.06. The number of rotatable bonds is 7. The maximum atomic E-state index is 11.9. The Morgan fingerprint density at radius 2 is 1.86 bits per heavy atom. The lowest BCUT2D eigenvalue weighted by atomic mass is 9.94. The lowest BCUT2D eigenvalue weighted by Crippen LogP contribution is -2.31. The van der Waals surface area contributed by atoms with Crippen molar-refractivity contribution in [2.75, 3.05) is 6.54 Å². The number of hydrogen-bond acceptors (Lipinski definition) is 4. The standard InChI is InChI=1S/C15H21NO5/c1-9(2)5-10(6-14(19)20)8-16-15(21)11-3-4-12(17)13(18)7-11/h3-4,7,9-10,17-18H,5-6,8H2,1-2H3,(H,16,21)(H,19,20). The largest absolute Gasteiger partial charge is 0.504 e. The molecular weight excluding hydrogens is 274 g/mol. The van der Waals surface area contributed by atoms with E-state index in [4.69, 9.17) is 5.11 Å². The van der Waals surface area contributed by atoms with E-state index in [9.17, 15) is 19.8 Å². The lowest BCUT2D eigenvalue weighted by molar-refractivity contribution is -0.138. The van der Waals surface area contributed by atoms with Crippen molar-refractivity contribution in [1.82, 2.24) is 5.32 Å². The summed E-state index contributed by atoms with van der Waals surface area (Å²) >= 11 is 0. The van der Waals surface area contributed by atoms with Gasteiger partial charge in [-0.25, -0.2) is 0 Å². The summed E-state index contributed by atoms with van der Waals surface area (Å²) in [6.45, 7) is 4.24. The van der Waals surface area contributed by atoms with Crippen LogP contribution < -0.4 is 5.32 Å². The summed E-state index contributed by atoms with van der Waals surface area (Å²) in [5.41, 5.74) is 0.212. The molecular formula is C15H21NO5. The number of benzene rings is 1. The summed E-state index contributed by atoms with van der Waals surface area (Å²) in [6, 6.07) is 3.78. The van der Waals surface area contributed by atoms with Gasteiger partial charge in [-0.15, -0.1) is 0 Å². The third kappa shape index (κ3) is 5.72. The molecule has 0 aliphatic heterocycles.